The maximum absolute atomic E-state index is 12.3. The lowest BCUT2D eigenvalue weighted by Gasteiger charge is -2.22. The highest BCUT2D eigenvalue weighted by molar-refractivity contribution is 6.30. The molecule has 0 saturated carbocycles. The molecule has 0 N–H and O–H groups in total. The fourth-order valence-electron chi connectivity index (χ4n) is 3.55. The van der Waals surface area contributed by atoms with E-state index >= 15 is 0 Å². The molecule has 1 heterocycles. The SMILES string of the molecule is COC(=O)c1ccc(CCN2C(=O)CC[C@@H]2/C=C/C(=O)Cc2cccc(Cl)c2)cc1. The number of benzene rings is 2. The summed E-state index contributed by atoms with van der Waals surface area (Å²) in [4.78, 5) is 37.9. The molecule has 2 aromatic rings. The van der Waals surface area contributed by atoms with Crippen LogP contribution in [0.1, 0.15) is 34.3 Å². The molecule has 1 amide bonds. The van der Waals surface area contributed by atoms with Gasteiger partial charge in [-0.25, -0.2) is 4.79 Å². The molecule has 0 radical (unpaired) electrons. The number of rotatable bonds is 8. The predicted octanol–water partition coefficient (Wildman–Crippen LogP) is 4.03. The van der Waals surface area contributed by atoms with Crippen LogP contribution in [0.15, 0.2) is 60.7 Å². The third-order valence-electron chi connectivity index (χ3n) is 5.16. The summed E-state index contributed by atoms with van der Waals surface area (Å²) < 4.78 is 4.70. The number of carbonyl (C=O) groups excluding carboxylic acids is 3. The van der Waals surface area contributed by atoms with Crippen LogP contribution in [0.5, 0.6) is 0 Å². The fourth-order valence-corrected chi connectivity index (χ4v) is 3.76. The Morgan fingerprint density at radius 1 is 1.17 bits per heavy atom. The predicted molar refractivity (Wildman–Crippen MR) is 116 cm³/mol. The molecule has 30 heavy (non-hydrogen) atoms. The molecule has 0 aliphatic carbocycles. The summed E-state index contributed by atoms with van der Waals surface area (Å²) in [5.74, 6) is -0.294. The lowest BCUT2D eigenvalue weighted by Crippen LogP contribution is -2.33. The average molecular weight is 426 g/mol. The molecule has 1 fully saturated rings. The zero-order chi connectivity index (χ0) is 21.5. The number of amides is 1. The lowest BCUT2D eigenvalue weighted by atomic mass is 10.1. The summed E-state index contributed by atoms with van der Waals surface area (Å²) in [6, 6.07) is 14.4. The van der Waals surface area contributed by atoms with Gasteiger partial charge in [0, 0.05) is 24.4 Å². The van der Waals surface area contributed by atoms with E-state index in [1.54, 1.807) is 30.3 Å². The molecular formula is C24H24ClNO4. The zero-order valence-electron chi connectivity index (χ0n) is 16.8. The van der Waals surface area contributed by atoms with Crippen LogP contribution in [-0.4, -0.2) is 42.3 Å². The van der Waals surface area contributed by atoms with E-state index < -0.39 is 0 Å². The molecule has 0 bridgehead atoms. The Bertz CT molecular complexity index is 952. The summed E-state index contributed by atoms with van der Waals surface area (Å²) in [5.41, 5.74) is 2.39. The topological polar surface area (TPSA) is 63.7 Å². The van der Waals surface area contributed by atoms with E-state index in [9.17, 15) is 14.4 Å². The van der Waals surface area contributed by atoms with E-state index in [4.69, 9.17) is 16.3 Å². The number of allylic oxidation sites excluding steroid dienone is 1. The normalized spacial score (nSPS) is 16.3. The molecule has 6 heteroatoms. The van der Waals surface area contributed by atoms with Gasteiger partial charge in [0.2, 0.25) is 5.91 Å². The van der Waals surface area contributed by atoms with Gasteiger partial charge in [-0.2, -0.15) is 0 Å². The van der Waals surface area contributed by atoms with Crippen molar-refractivity contribution in [1.29, 1.82) is 0 Å². The van der Waals surface area contributed by atoms with Crippen molar-refractivity contribution < 1.29 is 19.1 Å². The number of nitrogens with zero attached hydrogens (tertiary/aromatic N) is 1. The van der Waals surface area contributed by atoms with Gasteiger partial charge in [-0.15, -0.1) is 0 Å². The number of ether oxygens (including phenoxy) is 1. The number of methoxy groups -OCH3 is 1. The molecule has 3 rings (SSSR count). The summed E-state index contributed by atoms with van der Waals surface area (Å²) in [6.07, 6.45) is 5.55. The monoisotopic (exact) mass is 425 g/mol. The van der Waals surface area contributed by atoms with Crippen LogP contribution >= 0.6 is 11.6 Å². The zero-order valence-corrected chi connectivity index (χ0v) is 17.6. The summed E-state index contributed by atoms with van der Waals surface area (Å²) in [6.45, 7) is 0.563. The largest absolute Gasteiger partial charge is 0.465 e. The van der Waals surface area contributed by atoms with Crippen molar-refractivity contribution in [3.8, 4) is 0 Å². The molecule has 1 aliphatic rings. The molecular weight excluding hydrogens is 402 g/mol. The standard InChI is InChI=1S/C24H24ClNO4/c1-30-24(29)19-7-5-17(6-8-19)13-14-26-21(10-12-23(26)28)9-11-22(27)16-18-3-2-4-20(25)15-18/h2-9,11,15,21H,10,12-14,16H2,1H3/b11-9+/t21-/m0/s1. The molecule has 5 nitrogen and oxygen atoms in total. The maximum Gasteiger partial charge on any atom is 0.337 e. The Hall–Kier alpha value is -2.92. The number of carbonyl (C=O) groups is 3. The van der Waals surface area contributed by atoms with Crippen molar-refractivity contribution >= 4 is 29.3 Å². The van der Waals surface area contributed by atoms with E-state index in [2.05, 4.69) is 0 Å². The average Bonchev–Trinajstić information content (AvgIpc) is 3.10. The number of esters is 1. The number of likely N-dealkylation sites (tertiary alicyclic amines) is 1. The highest BCUT2D eigenvalue weighted by Crippen LogP contribution is 2.21. The quantitative estimate of drug-likeness (QED) is 0.473. The summed E-state index contributed by atoms with van der Waals surface area (Å²) in [5, 5.41) is 0.608. The first-order chi connectivity index (χ1) is 14.5. The molecule has 156 valence electrons. The van der Waals surface area contributed by atoms with Crippen molar-refractivity contribution in [3.63, 3.8) is 0 Å². The Morgan fingerprint density at radius 2 is 1.93 bits per heavy atom. The minimum Gasteiger partial charge on any atom is -0.465 e. The summed E-state index contributed by atoms with van der Waals surface area (Å²) in [7, 11) is 1.35. The van der Waals surface area contributed by atoms with E-state index in [1.165, 1.54) is 7.11 Å². The van der Waals surface area contributed by atoms with Crippen molar-refractivity contribution in [1.82, 2.24) is 4.90 Å². The summed E-state index contributed by atoms with van der Waals surface area (Å²) >= 11 is 5.96. The molecule has 0 aromatic heterocycles. The Balaban J connectivity index is 1.56. The first-order valence-corrected chi connectivity index (χ1v) is 10.3. The molecule has 1 saturated heterocycles. The van der Waals surface area contributed by atoms with Crippen LogP contribution in [0.3, 0.4) is 0 Å². The van der Waals surface area contributed by atoms with Gasteiger partial charge in [0.05, 0.1) is 18.7 Å². The number of hydrogen-bond donors (Lipinski definition) is 0. The van der Waals surface area contributed by atoms with Gasteiger partial charge < -0.3 is 9.64 Å². The first kappa shape index (κ1) is 21.8. The van der Waals surface area contributed by atoms with Crippen molar-refractivity contribution in [2.75, 3.05) is 13.7 Å². The smallest absolute Gasteiger partial charge is 0.337 e. The second kappa shape index (κ2) is 10.2. The van der Waals surface area contributed by atoms with E-state index in [-0.39, 0.29) is 30.1 Å². The molecule has 0 spiro atoms. The minimum absolute atomic E-state index is 0.0186. The van der Waals surface area contributed by atoms with Crippen LogP contribution in [0.25, 0.3) is 0 Å². The minimum atomic E-state index is -0.371. The van der Waals surface area contributed by atoms with Gasteiger partial charge >= 0.3 is 5.97 Å². The van der Waals surface area contributed by atoms with Gasteiger partial charge in [0.1, 0.15) is 0 Å². The van der Waals surface area contributed by atoms with Crippen molar-refractivity contribution in [3.05, 3.63) is 82.4 Å². The van der Waals surface area contributed by atoms with Crippen LogP contribution in [0.2, 0.25) is 5.02 Å². The van der Waals surface area contributed by atoms with Crippen molar-refractivity contribution in [2.24, 2.45) is 0 Å². The van der Waals surface area contributed by atoms with Crippen molar-refractivity contribution in [2.45, 2.75) is 31.7 Å². The maximum atomic E-state index is 12.3. The Labute approximate surface area is 181 Å². The highest BCUT2D eigenvalue weighted by atomic mass is 35.5. The van der Waals surface area contributed by atoms with Crippen LogP contribution in [-0.2, 0) is 27.2 Å². The van der Waals surface area contributed by atoms with Gasteiger partial charge in [-0.3, -0.25) is 9.59 Å². The van der Waals surface area contributed by atoms with Crippen LogP contribution in [0.4, 0.5) is 0 Å². The third-order valence-corrected chi connectivity index (χ3v) is 5.40. The second-order valence-electron chi connectivity index (χ2n) is 7.26. The van der Waals surface area contributed by atoms with Gasteiger partial charge in [0.15, 0.2) is 5.78 Å². The van der Waals surface area contributed by atoms with E-state index in [0.717, 1.165) is 11.1 Å². The Kier molecular flexibility index (Phi) is 7.41. The lowest BCUT2D eigenvalue weighted by molar-refractivity contribution is -0.128. The van der Waals surface area contributed by atoms with Gasteiger partial charge in [0.25, 0.3) is 0 Å². The highest BCUT2D eigenvalue weighted by Gasteiger charge is 2.28. The van der Waals surface area contributed by atoms with E-state index in [1.807, 2.05) is 35.2 Å². The third kappa shape index (κ3) is 5.80. The number of ketones is 1. The Morgan fingerprint density at radius 3 is 2.63 bits per heavy atom. The number of halogens is 1. The first-order valence-electron chi connectivity index (χ1n) is 9.88. The fraction of sp³-hybridized carbons (Fsp3) is 0.292. The molecule has 1 aliphatic heterocycles. The van der Waals surface area contributed by atoms with Gasteiger partial charge in [-0.05, 0) is 54.3 Å². The van der Waals surface area contributed by atoms with Crippen LogP contribution in [0, 0.1) is 0 Å². The molecule has 1 atom stereocenters. The van der Waals surface area contributed by atoms with E-state index in [0.29, 0.717) is 36.4 Å². The molecule has 0 unspecified atom stereocenters. The number of hydrogen-bond acceptors (Lipinski definition) is 4. The van der Waals surface area contributed by atoms with Crippen LogP contribution < -0.4 is 0 Å². The second-order valence-corrected chi connectivity index (χ2v) is 7.70. The molecule has 2 aromatic carbocycles. The van der Waals surface area contributed by atoms with Gasteiger partial charge in [-0.1, -0.05) is 41.9 Å².